The predicted octanol–water partition coefficient (Wildman–Crippen LogP) is 2.14. The van der Waals surface area contributed by atoms with E-state index in [1.54, 1.807) is 0 Å². The van der Waals surface area contributed by atoms with Gasteiger partial charge < -0.3 is 5.32 Å². The molecule has 0 unspecified atom stereocenters. The van der Waals surface area contributed by atoms with Crippen molar-refractivity contribution in [3.63, 3.8) is 0 Å². The maximum atomic E-state index is 4.41. The molecule has 2 nitrogen and oxygen atoms in total. The zero-order chi connectivity index (χ0) is 9.68. The molecule has 0 amide bonds. The summed E-state index contributed by atoms with van der Waals surface area (Å²) < 4.78 is 0. The lowest BCUT2D eigenvalue weighted by molar-refractivity contribution is 0.548. The minimum absolute atomic E-state index is 0.699. The number of aromatic nitrogens is 1. The van der Waals surface area contributed by atoms with Crippen LogP contribution in [0.1, 0.15) is 25.2 Å². The second-order valence-corrected chi connectivity index (χ2v) is 3.80. The lowest BCUT2D eigenvalue weighted by atomic mass is 10.2. The van der Waals surface area contributed by atoms with Crippen LogP contribution in [0.3, 0.4) is 0 Å². The first-order valence-electron chi connectivity index (χ1n) is 4.81. The fourth-order valence-corrected chi connectivity index (χ4v) is 1.19. The summed E-state index contributed by atoms with van der Waals surface area (Å²) in [6.07, 6.45) is 0. The monoisotopic (exact) mass is 178 g/mol. The third-order valence-electron chi connectivity index (χ3n) is 1.80. The Morgan fingerprint density at radius 1 is 1.38 bits per heavy atom. The minimum atomic E-state index is 0.699. The maximum absolute atomic E-state index is 4.41. The highest BCUT2D eigenvalue weighted by Crippen LogP contribution is 1.97. The van der Waals surface area contributed by atoms with Crippen LogP contribution in [0.25, 0.3) is 0 Å². The van der Waals surface area contributed by atoms with E-state index in [-0.39, 0.29) is 0 Å². The van der Waals surface area contributed by atoms with Gasteiger partial charge in [0.1, 0.15) is 0 Å². The summed E-state index contributed by atoms with van der Waals surface area (Å²) in [4.78, 5) is 4.41. The number of aryl methyl sites for hydroxylation is 1. The second-order valence-electron chi connectivity index (χ2n) is 3.80. The Bertz CT molecular complexity index is 256. The van der Waals surface area contributed by atoms with Crippen LogP contribution in [0.5, 0.6) is 0 Å². The molecule has 1 heterocycles. The quantitative estimate of drug-likeness (QED) is 0.764. The van der Waals surface area contributed by atoms with E-state index in [4.69, 9.17) is 0 Å². The number of hydrogen-bond donors (Lipinski definition) is 1. The summed E-state index contributed by atoms with van der Waals surface area (Å²) in [6.45, 7) is 8.36. The molecular weight excluding hydrogens is 160 g/mol. The van der Waals surface area contributed by atoms with E-state index in [1.807, 2.05) is 13.0 Å². The molecule has 0 aliphatic carbocycles. The molecule has 0 spiro atoms. The molecule has 0 fully saturated rings. The van der Waals surface area contributed by atoms with Crippen LogP contribution in [0.15, 0.2) is 18.2 Å². The molecule has 0 atom stereocenters. The standard InChI is InChI=1S/C11H18N2/c1-9(2)7-12-8-11-6-4-5-10(3)13-11/h4-6,9,12H,7-8H2,1-3H3. The molecule has 1 N–H and O–H groups in total. The van der Waals surface area contributed by atoms with Crippen LogP contribution >= 0.6 is 0 Å². The van der Waals surface area contributed by atoms with E-state index in [2.05, 4.69) is 36.3 Å². The predicted molar refractivity (Wildman–Crippen MR) is 55.5 cm³/mol. The van der Waals surface area contributed by atoms with Crippen molar-refractivity contribution in [2.45, 2.75) is 27.3 Å². The molecule has 2 heteroatoms. The van der Waals surface area contributed by atoms with Gasteiger partial charge in [0.25, 0.3) is 0 Å². The number of nitrogens with one attached hydrogen (secondary N) is 1. The van der Waals surface area contributed by atoms with E-state index in [0.717, 1.165) is 24.5 Å². The van der Waals surface area contributed by atoms with Gasteiger partial charge in [0, 0.05) is 12.2 Å². The number of hydrogen-bond acceptors (Lipinski definition) is 2. The second kappa shape index (κ2) is 4.97. The molecular formula is C11H18N2. The first-order valence-corrected chi connectivity index (χ1v) is 4.81. The average molecular weight is 178 g/mol. The fourth-order valence-electron chi connectivity index (χ4n) is 1.19. The van der Waals surface area contributed by atoms with E-state index < -0.39 is 0 Å². The summed E-state index contributed by atoms with van der Waals surface area (Å²) in [5.74, 6) is 0.699. The van der Waals surface area contributed by atoms with Gasteiger partial charge in [0.2, 0.25) is 0 Å². The highest BCUT2D eigenvalue weighted by Gasteiger charge is 1.95. The summed E-state index contributed by atoms with van der Waals surface area (Å²) in [6, 6.07) is 6.13. The van der Waals surface area contributed by atoms with Crippen LogP contribution in [-0.4, -0.2) is 11.5 Å². The number of pyridine rings is 1. The number of rotatable bonds is 4. The Hall–Kier alpha value is -0.890. The average Bonchev–Trinajstić information content (AvgIpc) is 2.03. The third-order valence-corrected chi connectivity index (χ3v) is 1.80. The van der Waals surface area contributed by atoms with Gasteiger partial charge in [-0.2, -0.15) is 0 Å². The Balaban J connectivity index is 2.37. The van der Waals surface area contributed by atoms with Crippen LogP contribution in [-0.2, 0) is 6.54 Å². The smallest absolute Gasteiger partial charge is 0.0544 e. The van der Waals surface area contributed by atoms with Crippen LogP contribution < -0.4 is 5.32 Å². The Morgan fingerprint density at radius 3 is 2.77 bits per heavy atom. The highest BCUT2D eigenvalue weighted by atomic mass is 14.9. The number of nitrogens with zero attached hydrogens (tertiary/aromatic N) is 1. The van der Waals surface area contributed by atoms with Gasteiger partial charge in [-0.15, -0.1) is 0 Å². The molecule has 1 rings (SSSR count). The van der Waals surface area contributed by atoms with Gasteiger partial charge in [-0.25, -0.2) is 0 Å². The summed E-state index contributed by atoms with van der Waals surface area (Å²) in [5, 5.41) is 3.37. The molecule has 0 bridgehead atoms. The molecule has 0 aliphatic heterocycles. The Labute approximate surface area is 80.4 Å². The van der Waals surface area contributed by atoms with Gasteiger partial charge in [-0.05, 0) is 31.5 Å². The van der Waals surface area contributed by atoms with Gasteiger partial charge in [-0.1, -0.05) is 19.9 Å². The van der Waals surface area contributed by atoms with Crippen molar-refractivity contribution < 1.29 is 0 Å². The first-order chi connectivity index (χ1) is 6.18. The summed E-state index contributed by atoms with van der Waals surface area (Å²) in [7, 11) is 0. The molecule has 0 radical (unpaired) electrons. The Kier molecular flexibility index (Phi) is 3.90. The molecule has 1 aromatic rings. The molecule has 0 aliphatic rings. The molecule has 13 heavy (non-hydrogen) atoms. The largest absolute Gasteiger partial charge is 0.311 e. The van der Waals surface area contributed by atoms with Crippen LogP contribution in [0, 0.1) is 12.8 Å². The van der Waals surface area contributed by atoms with Gasteiger partial charge in [0.15, 0.2) is 0 Å². The van der Waals surface area contributed by atoms with Crippen molar-refractivity contribution in [1.82, 2.24) is 10.3 Å². The summed E-state index contributed by atoms with van der Waals surface area (Å²) in [5.41, 5.74) is 2.21. The van der Waals surface area contributed by atoms with E-state index in [1.165, 1.54) is 0 Å². The van der Waals surface area contributed by atoms with E-state index >= 15 is 0 Å². The zero-order valence-corrected chi connectivity index (χ0v) is 8.67. The van der Waals surface area contributed by atoms with Crippen molar-refractivity contribution in [3.05, 3.63) is 29.6 Å². The first kappa shape index (κ1) is 10.2. The van der Waals surface area contributed by atoms with Gasteiger partial charge in [0.05, 0.1) is 5.69 Å². The molecule has 0 saturated heterocycles. The van der Waals surface area contributed by atoms with Crippen molar-refractivity contribution in [3.8, 4) is 0 Å². The SMILES string of the molecule is Cc1cccc(CNCC(C)C)n1. The zero-order valence-electron chi connectivity index (χ0n) is 8.67. The Morgan fingerprint density at radius 2 is 2.15 bits per heavy atom. The van der Waals surface area contributed by atoms with Crippen molar-refractivity contribution >= 4 is 0 Å². The van der Waals surface area contributed by atoms with E-state index in [9.17, 15) is 0 Å². The van der Waals surface area contributed by atoms with E-state index in [0.29, 0.717) is 5.92 Å². The summed E-state index contributed by atoms with van der Waals surface area (Å²) >= 11 is 0. The molecule has 0 aromatic carbocycles. The van der Waals surface area contributed by atoms with Crippen molar-refractivity contribution in [2.75, 3.05) is 6.54 Å². The molecule has 0 saturated carbocycles. The molecule has 1 aromatic heterocycles. The normalized spacial score (nSPS) is 10.8. The minimum Gasteiger partial charge on any atom is -0.311 e. The fraction of sp³-hybridized carbons (Fsp3) is 0.545. The van der Waals surface area contributed by atoms with Gasteiger partial charge >= 0.3 is 0 Å². The van der Waals surface area contributed by atoms with Crippen LogP contribution in [0.2, 0.25) is 0 Å². The topological polar surface area (TPSA) is 24.9 Å². The maximum Gasteiger partial charge on any atom is 0.0544 e. The molecule has 72 valence electrons. The van der Waals surface area contributed by atoms with Crippen molar-refractivity contribution in [2.24, 2.45) is 5.92 Å². The van der Waals surface area contributed by atoms with Crippen molar-refractivity contribution in [1.29, 1.82) is 0 Å². The lowest BCUT2D eigenvalue weighted by Crippen LogP contribution is -2.19. The lowest BCUT2D eigenvalue weighted by Gasteiger charge is -2.06. The van der Waals surface area contributed by atoms with Gasteiger partial charge in [-0.3, -0.25) is 4.98 Å². The third kappa shape index (κ3) is 4.04. The van der Waals surface area contributed by atoms with Crippen LogP contribution in [0.4, 0.5) is 0 Å². The highest BCUT2D eigenvalue weighted by molar-refractivity contribution is 5.09.